The number of nitrogens with one attached hydrogen (secondary N) is 1. The number of carbonyl (C=O) groups excluding carboxylic acids is 1. The van der Waals surface area contributed by atoms with Gasteiger partial charge in [0.25, 0.3) is 5.91 Å². The summed E-state index contributed by atoms with van der Waals surface area (Å²) in [5.41, 5.74) is 2.93. The molecule has 5 nitrogen and oxygen atoms in total. The van der Waals surface area contributed by atoms with Crippen molar-refractivity contribution in [2.45, 2.75) is 0 Å². The standard InChI is InChI=1S/C18H12Cl2N2O3/c19-14-5-10(6-15(20)17(14)24)9-21-22-18(25)13-7-11-3-1-2-4-12(11)8-16(13)23/h1-9,23-24H,(H,22,25)/b21-9+. The molecule has 0 aliphatic carbocycles. The van der Waals surface area contributed by atoms with Gasteiger partial charge in [0, 0.05) is 0 Å². The van der Waals surface area contributed by atoms with E-state index >= 15 is 0 Å². The highest BCUT2D eigenvalue weighted by Crippen LogP contribution is 2.32. The second kappa shape index (κ2) is 7.01. The molecule has 1 amide bonds. The Labute approximate surface area is 153 Å². The van der Waals surface area contributed by atoms with Crippen LogP contribution in [0.3, 0.4) is 0 Å². The molecule has 3 N–H and O–H groups in total. The Balaban J connectivity index is 1.80. The van der Waals surface area contributed by atoms with Gasteiger partial charge in [-0.05, 0) is 40.6 Å². The quantitative estimate of drug-likeness (QED) is 0.471. The summed E-state index contributed by atoms with van der Waals surface area (Å²) < 4.78 is 0. The van der Waals surface area contributed by atoms with E-state index in [0.29, 0.717) is 5.56 Å². The molecule has 0 saturated heterocycles. The summed E-state index contributed by atoms with van der Waals surface area (Å²) in [5.74, 6) is -0.914. The Morgan fingerprint density at radius 3 is 2.24 bits per heavy atom. The monoisotopic (exact) mass is 374 g/mol. The van der Waals surface area contributed by atoms with Gasteiger partial charge in [-0.15, -0.1) is 0 Å². The van der Waals surface area contributed by atoms with Crippen molar-refractivity contribution in [2.24, 2.45) is 5.10 Å². The van der Waals surface area contributed by atoms with E-state index in [9.17, 15) is 15.0 Å². The number of hydrazone groups is 1. The first-order chi connectivity index (χ1) is 12.0. The summed E-state index contributed by atoms with van der Waals surface area (Å²) in [5, 5.41) is 25.1. The van der Waals surface area contributed by atoms with Crippen LogP contribution in [0.5, 0.6) is 11.5 Å². The predicted octanol–water partition coefficient (Wildman–Crippen LogP) is 4.32. The Hall–Kier alpha value is -2.76. The zero-order chi connectivity index (χ0) is 18.0. The highest BCUT2D eigenvalue weighted by atomic mass is 35.5. The maximum atomic E-state index is 12.2. The number of rotatable bonds is 3. The fourth-order valence-corrected chi connectivity index (χ4v) is 2.80. The number of nitrogens with zero attached hydrogens (tertiary/aromatic N) is 1. The minimum atomic E-state index is -0.560. The minimum Gasteiger partial charge on any atom is -0.507 e. The molecular weight excluding hydrogens is 363 g/mol. The summed E-state index contributed by atoms with van der Waals surface area (Å²) in [6.07, 6.45) is 1.33. The normalized spacial score (nSPS) is 11.1. The molecule has 0 aliphatic heterocycles. The van der Waals surface area contributed by atoms with Gasteiger partial charge in [0.2, 0.25) is 0 Å². The summed E-state index contributed by atoms with van der Waals surface area (Å²) in [7, 11) is 0. The molecule has 0 aromatic heterocycles. The van der Waals surface area contributed by atoms with Crippen LogP contribution >= 0.6 is 23.2 Å². The number of halogens is 2. The average Bonchev–Trinajstić information content (AvgIpc) is 2.58. The zero-order valence-electron chi connectivity index (χ0n) is 12.7. The van der Waals surface area contributed by atoms with Crippen LogP contribution in [0.4, 0.5) is 0 Å². The number of aromatic hydroxyl groups is 2. The van der Waals surface area contributed by atoms with E-state index in [-0.39, 0.29) is 27.1 Å². The van der Waals surface area contributed by atoms with Crippen molar-refractivity contribution in [3.05, 3.63) is 69.7 Å². The van der Waals surface area contributed by atoms with Crippen molar-refractivity contribution in [2.75, 3.05) is 0 Å². The van der Waals surface area contributed by atoms with Crippen molar-refractivity contribution >= 4 is 46.1 Å². The fraction of sp³-hybridized carbons (Fsp3) is 0. The summed E-state index contributed by atoms with van der Waals surface area (Å²) in [4.78, 5) is 12.2. The number of hydrogen-bond donors (Lipinski definition) is 3. The van der Waals surface area contributed by atoms with Gasteiger partial charge >= 0.3 is 0 Å². The zero-order valence-corrected chi connectivity index (χ0v) is 14.2. The van der Waals surface area contributed by atoms with E-state index in [4.69, 9.17) is 23.2 Å². The highest BCUT2D eigenvalue weighted by Gasteiger charge is 2.12. The van der Waals surface area contributed by atoms with Gasteiger partial charge in [0.05, 0.1) is 21.8 Å². The lowest BCUT2D eigenvalue weighted by atomic mass is 10.1. The number of phenolic OH excluding ortho intramolecular Hbond substituents is 2. The third-order valence-corrected chi connectivity index (χ3v) is 4.10. The van der Waals surface area contributed by atoms with Crippen LogP contribution in [0.25, 0.3) is 10.8 Å². The van der Waals surface area contributed by atoms with Gasteiger partial charge in [0.15, 0.2) is 5.75 Å². The van der Waals surface area contributed by atoms with E-state index in [1.165, 1.54) is 24.4 Å². The predicted molar refractivity (Wildman–Crippen MR) is 98.8 cm³/mol. The Morgan fingerprint density at radius 2 is 1.60 bits per heavy atom. The van der Waals surface area contributed by atoms with Crippen molar-refractivity contribution in [3.8, 4) is 11.5 Å². The van der Waals surface area contributed by atoms with E-state index in [2.05, 4.69) is 10.5 Å². The fourth-order valence-electron chi connectivity index (χ4n) is 2.30. The van der Waals surface area contributed by atoms with Crippen LogP contribution in [-0.2, 0) is 0 Å². The van der Waals surface area contributed by atoms with Crippen molar-refractivity contribution in [1.82, 2.24) is 5.43 Å². The molecule has 3 rings (SSSR count). The molecule has 0 fully saturated rings. The molecule has 0 saturated carbocycles. The number of fused-ring (bicyclic) bond motifs is 1. The number of benzene rings is 3. The molecule has 0 heterocycles. The van der Waals surface area contributed by atoms with E-state index in [1.807, 2.05) is 24.3 Å². The molecule has 25 heavy (non-hydrogen) atoms. The molecule has 0 atom stereocenters. The molecule has 3 aromatic rings. The van der Waals surface area contributed by atoms with Crippen molar-refractivity contribution < 1.29 is 15.0 Å². The second-order valence-electron chi connectivity index (χ2n) is 5.25. The van der Waals surface area contributed by atoms with Gasteiger partial charge < -0.3 is 10.2 Å². The third-order valence-electron chi connectivity index (χ3n) is 3.53. The molecule has 0 unspecified atom stereocenters. The second-order valence-corrected chi connectivity index (χ2v) is 6.06. The molecule has 7 heteroatoms. The van der Waals surface area contributed by atoms with Crippen LogP contribution in [0, 0.1) is 0 Å². The average molecular weight is 375 g/mol. The SMILES string of the molecule is O=C(N/N=C/c1cc(Cl)c(O)c(Cl)c1)c1cc2ccccc2cc1O. The van der Waals surface area contributed by atoms with Gasteiger partial charge in [0.1, 0.15) is 5.75 Å². The smallest absolute Gasteiger partial charge is 0.275 e. The molecule has 3 aromatic carbocycles. The number of phenols is 2. The summed E-state index contributed by atoms with van der Waals surface area (Å²) in [6.45, 7) is 0. The molecular formula is C18H12Cl2N2O3. The van der Waals surface area contributed by atoms with Crippen molar-refractivity contribution in [3.63, 3.8) is 0 Å². The lowest BCUT2D eigenvalue weighted by molar-refractivity contribution is 0.0952. The van der Waals surface area contributed by atoms with Crippen LogP contribution < -0.4 is 5.43 Å². The summed E-state index contributed by atoms with van der Waals surface area (Å²) >= 11 is 11.6. The van der Waals surface area contributed by atoms with Crippen LogP contribution in [0.2, 0.25) is 10.0 Å². The van der Waals surface area contributed by atoms with Crippen LogP contribution in [0.15, 0.2) is 53.6 Å². The first-order valence-corrected chi connectivity index (χ1v) is 7.94. The number of carbonyl (C=O) groups is 1. The summed E-state index contributed by atoms with van der Waals surface area (Å²) in [6, 6.07) is 13.4. The molecule has 0 radical (unpaired) electrons. The van der Waals surface area contributed by atoms with Gasteiger partial charge in [-0.25, -0.2) is 5.43 Å². The van der Waals surface area contributed by atoms with E-state index in [1.54, 1.807) is 6.07 Å². The molecule has 126 valence electrons. The highest BCUT2D eigenvalue weighted by molar-refractivity contribution is 6.37. The largest absolute Gasteiger partial charge is 0.507 e. The Kier molecular flexibility index (Phi) is 4.79. The minimum absolute atomic E-state index is 0.0763. The third kappa shape index (κ3) is 3.68. The van der Waals surface area contributed by atoms with E-state index < -0.39 is 5.91 Å². The maximum Gasteiger partial charge on any atom is 0.275 e. The van der Waals surface area contributed by atoms with Gasteiger partial charge in [-0.2, -0.15) is 5.10 Å². The maximum absolute atomic E-state index is 12.2. The first-order valence-electron chi connectivity index (χ1n) is 7.19. The van der Waals surface area contributed by atoms with Crippen molar-refractivity contribution in [1.29, 1.82) is 0 Å². The first kappa shape index (κ1) is 17.1. The number of amides is 1. The lowest BCUT2D eigenvalue weighted by Crippen LogP contribution is -2.17. The number of hydrogen-bond acceptors (Lipinski definition) is 4. The lowest BCUT2D eigenvalue weighted by Gasteiger charge is -2.06. The molecule has 0 bridgehead atoms. The molecule has 0 spiro atoms. The Bertz CT molecular complexity index is 980. The topological polar surface area (TPSA) is 81.9 Å². The van der Waals surface area contributed by atoms with Crippen LogP contribution in [0.1, 0.15) is 15.9 Å². The van der Waals surface area contributed by atoms with E-state index in [0.717, 1.165) is 10.8 Å². The van der Waals surface area contributed by atoms with Gasteiger partial charge in [-0.3, -0.25) is 4.79 Å². The van der Waals surface area contributed by atoms with Gasteiger partial charge in [-0.1, -0.05) is 47.5 Å². The molecule has 0 aliphatic rings. The Morgan fingerprint density at radius 1 is 1.00 bits per heavy atom. The van der Waals surface area contributed by atoms with Crippen LogP contribution in [-0.4, -0.2) is 22.3 Å².